The monoisotopic (exact) mass is 337 g/mol. The van der Waals surface area contributed by atoms with Crippen LogP contribution in [0.3, 0.4) is 0 Å². The highest BCUT2D eigenvalue weighted by Crippen LogP contribution is 2.26. The van der Waals surface area contributed by atoms with E-state index in [0.717, 1.165) is 4.68 Å². The van der Waals surface area contributed by atoms with Crippen molar-refractivity contribution < 1.29 is 18.7 Å². The summed E-state index contributed by atoms with van der Waals surface area (Å²) in [5.41, 5.74) is 0.601. The maximum Gasteiger partial charge on any atom is 0.359 e. The van der Waals surface area contributed by atoms with Gasteiger partial charge in [0, 0.05) is 12.1 Å². The third-order valence-electron chi connectivity index (χ3n) is 3.49. The van der Waals surface area contributed by atoms with E-state index in [1.54, 1.807) is 13.0 Å². The third kappa shape index (κ3) is 2.57. The van der Waals surface area contributed by atoms with Crippen molar-refractivity contribution in [1.82, 2.24) is 15.1 Å². The highest BCUT2D eigenvalue weighted by molar-refractivity contribution is 6.30. The predicted molar refractivity (Wildman–Crippen MR) is 80.5 cm³/mol. The highest BCUT2D eigenvalue weighted by Gasteiger charge is 2.31. The zero-order chi connectivity index (χ0) is 16.6. The number of amides is 1. The normalized spacial score (nSPS) is 13.4. The maximum absolute atomic E-state index is 14.3. The number of nitrogens with zero attached hydrogens (tertiary/aromatic N) is 2. The number of halogens is 2. The van der Waals surface area contributed by atoms with E-state index in [2.05, 4.69) is 10.4 Å². The topological polar surface area (TPSA) is 73.2 Å². The Hall–Kier alpha value is -2.41. The second-order valence-corrected chi connectivity index (χ2v) is 5.29. The first-order valence-corrected chi connectivity index (χ1v) is 7.44. The largest absolute Gasteiger partial charge is 0.461 e. The summed E-state index contributed by atoms with van der Waals surface area (Å²) in [4.78, 5) is 24.3. The van der Waals surface area contributed by atoms with Gasteiger partial charge < -0.3 is 10.1 Å². The van der Waals surface area contributed by atoms with E-state index < -0.39 is 17.7 Å². The quantitative estimate of drug-likeness (QED) is 0.871. The van der Waals surface area contributed by atoms with E-state index in [1.807, 2.05) is 0 Å². The lowest BCUT2D eigenvalue weighted by Gasteiger charge is -2.15. The average molecular weight is 338 g/mol. The van der Waals surface area contributed by atoms with Gasteiger partial charge >= 0.3 is 5.97 Å². The molecule has 120 valence electrons. The van der Waals surface area contributed by atoms with Crippen LogP contribution >= 0.6 is 11.6 Å². The van der Waals surface area contributed by atoms with E-state index in [9.17, 15) is 14.0 Å². The number of fused-ring (bicyclic) bond motifs is 1. The molecule has 8 heteroatoms. The molecule has 0 spiro atoms. The van der Waals surface area contributed by atoms with Gasteiger partial charge in [-0.05, 0) is 25.5 Å². The van der Waals surface area contributed by atoms with Gasteiger partial charge in [-0.25, -0.2) is 13.9 Å². The Bertz CT molecular complexity index is 804. The Morgan fingerprint density at radius 1 is 1.52 bits per heavy atom. The molecule has 1 aliphatic heterocycles. The van der Waals surface area contributed by atoms with Crippen molar-refractivity contribution in [2.75, 3.05) is 13.2 Å². The second kappa shape index (κ2) is 6.00. The molecule has 0 aliphatic carbocycles. The van der Waals surface area contributed by atoms with Crippen LogP contribution in [0.5, 0.6) is 0 Å². The summed E-state index contributed by atoms with van der Waals surface area (Å²) in [5, 5.41) is 6.68. The second-order valence-electron chi connectivity index (χ2n) is 4.89. The lowest BCUT2D eigenvalue weighted by atomic mass is 10.1. The van der Waals surface area contributed by atoms with Crippen LogP contribution in [0.1, 0.15) is 33.5 Å². The number of rotatable bonds is 3. The zero-order valence-corrected chi connectivity index (χ0v) is 13.0. The van der Waals surface area contributed by atoms with E-state index in [-0.39, 0.29) is 28.7 Å². The predicted octanol–water partition coefficient (Wildman–Crippen LogP) is 2.13. The molecule has 2 heterocycles. The summed E-state index contributed by atoms with van der Waals surface area (Å²) in [5.74, 6) is -1.78. The molecule has 0 saturated carbocycles. The maximum atomic E-state index is 14.3. The Morgan fingerprint density at radius 3 is 3.04 bits per heavy atom. The van der Waals surface area contributed by atoms with Crippen LogP contribution < -0.4 is 5.32 Å². The summed E-state index contributed by atoms with van der Waals surface area (Å²) in [6.45, 7) is 2.23. The smallest absolute Gasteiger partial charge is 0.359 e. The number of carbonyl (C=O) groups is 2. The lowest BCUT2D eigenvalue weighted by molar-refractivity contribution is 0.0517. The van der Waals surface area contributed by atoms with Gasteiger partial charge in [0.2, 0.25) is 0 Å². The van der Waals surface area contributed by atoms with Gasteiger partial charge in [-0.2, -0.15) is 5.10 Å². The number of benzene rings is 1. The lowest BCUT2D eigenvalue weighted by Crippen LogP contribution is -2.33. The van der Waals surface area contributed by atoms with Gasteiger partial charge in [0.05, 0.1) is 11.6 Å². The van der Waals surface area contributed by atoms with E-state index in [4.69, 9.17) is 16.3 Å². The fourth-order valence-electron chi connectivity index (χ4n) is 2.50. The number of nitrogens with one attached hydrogen (secondary N) is 1. The summed E-state index contributed by atoms with van der Waals surface area (Å²) in [6, 6.07) is 4.37. The number of aromatic nitrogens is 2. The Labute approximate surface area is 136 Å². The molecular formula is C15H13ClFN3O3. The van der Waals surface area contributed by atoms with Gasteiger partial charge in [-0.15, -0.1) is 0 Å². The van der Waals surface area contributed by atoms with Crippen LogP contribution in [-0.2, 0) is 11.2 Å². The van der Waals surface area contributed by atoms with Crippen LogP contribution in [0.2, 0.25) is 5.02 Å². The van der Waals surface area contributed by atoms with Crippen molar-refractivity contribution in [2.45, 2.75) is 13.3 Å². The Balaban J connectivity index is 2.23. The minimum absolute atomic E-state index is 0.00125. The van der Waals surface area contributed by atoms with Crippen molar-refractivity contribution in [2.24, 2.45) is 0 Å². The summed E-state index contributed by atoms with van der Waals surface area (Å²) in [6.07, 6.45) is 0.414. The molecule has 2 aromatic rings. The van der Waals surface area contributed by atoms with Crippen molar-refractivity contribution >= 4 is 23.5 Å². The van der Waals surface area contributed by atoms with Crippen LogP contribution in [0, 0.1) is 5.82 Å². The van der Waals surface area contributed by atoms with Gasteiger partial charge in [0.1, 0.15) is 11.4 Å². The van der Waals surface area contributed by atoms with Gasteiger partial charge in [0.15, 0.2) is 11.5 Å². The van der Waals surface area contributed by atoms with Gasteiger partial charge in [0.25, 0.3) is 5.91 Å². The molecule has 23 heavy (non-hydrogen) atoms. The minimum Gasteiger partial charge on any atom is -0.461 e. The van der Waals surface area contributed by atoms with Crippen LogP contribution in [0.15, 0.2) is 18.2 Å². The Morgan fingerprint density at radius 2 is 2.30 bits per heavy atom. The highest BCUT2D eigenvalue weighted by atomic mass is 35.5. The van der Waals surface area contributed by atoms with Crippen molar-refractivity contribution in [3.8, 4) is 5.69 Å². The zero-order valence-electron chi connectivity index (χ0n) is 12.2. The van der Waals surface area contributed by atoms with Crippen molar-refractivity contribution in [3.05, 3.63) is 46.0 Å². The fourth-order valence-corrected chi connectivity index (χ4v) is 2.67. The van der Waals surface area contributed by atoms with Crippen LogP contribution in [0.25, 0.3) is 5.69 Å². The average Bonchev–Trinajstić information content (AvgIpc) is 2.91. The first-order valence-electron chi connectivity index (χ1n) is 7.06. The van der Waals surface area contributed by atoms with Crippen molar-refractivity contribution in [3.63, 3.8) is 0 Å². The summed E-state index contributed by atoms with van der Waals surface area (Å²) >= 11 is 5.79. The third-order valence-corrected chi connectivity index (χ3v) is 3.78. The van der Waals surface area contributed by atoms with Gasteiger partial charge in [-0.1, -0.05) is 17.7 Å². The number of carbonyl (C=O) groups excluding carboxylic acids is 2. The molecule has 1 N–H and O–H groups in total. The number of hydrogen-bond acceptors (Lipinski definition) is 4. The summed E-state index contributed by atoms with van der Waals surface area (Å²) in [7, 11) is 0. The molecule has 0 fully saturated rings. The fraction of sp³-hybridized carbons (Fsp3) is 0.267. The molecule has 0 saturated heterocycles. The molecule has 1 aromatic heterocycles. The summed E-state index contributed by atoms with van der Waals surface area (Å²) < 4.78 is 20.4. The minimum atomic E-state index is -0.715. The molecular weight excluding hydrogens is 325 g/mol. The molecule has 0 unspecified atom stereocenters. The molecule has 0 bridgehead atoms. The number of hydrogen-bond donors (Lipinski definition) is 1. The first kappa shape index (κ1) is 15.5. The van der Waals surface area contributed by atoms with Crippen LogP contribution in [0.4, 0.5) is 4.39 Å². The molecule has 1 aromatic carbocycles. The standard InChI is InChI=1S/C15H13ClFN3O3/c1-2-23-15(22)12-8-6-7-18-14(21)13(8)20(19-12)10-5-3-4-9(16)11(10)17/h3-5H,2,6-7H2,1H3,(H,18,21). The SMILES string of the molecule is CCOC(=O)c1nn(-c2cccc(Cl)c2F)c2c1CCNC2=O. The molecule has 0 radical (unpaired) electrons. The molecule has 1 aliphatic rings. The number of esters is 1. The number of ether oxygens (including phenoxy) is 1. The molecule has 6 nitrogen and oxygen atoms in total. The molecule has 1 amide bonds. The van der Waals surface area contributed by atoms with Gasteiger partial charge in [-0.3, -0.25) is 4.79 Å². The van der Waals surface area contributed by atoms with E-state index >= 15 is 0 Å². The van der Waals surface area contributed by atoms with Crippen molar-refractivity contribution in [1.29, 1.82) is 0 Å². The van der Waals surface area contributed by atoms with Crippen LogP contribution in [-0.4, -0.2) is 34.8 Å². The Kier molecular flexibility index (Phi) is 4.04. The molecule has 3 rings (SSSR count). The van der Waals surface area contributed by atoms with E-state index in [0.29, 0.717) is 18.5 Å². The van der Waals surface area contributed by atoms with E-state index in [1.165, 1.54) is 12.1 Å². The molecule has 0 atom stereocenters. The first-order chi connectivity index (χ1) is 11.0.